The van der Waals surface area contributed by atoms with Crippen LogP contribution in [0.1, 0.15) is 11.4 Å². The quantitative estimate of drug-likeness (QED) is 0.728. The van der Waals surface area contributed by atoms with E-state index in [1.807, 2.05) is 47.0 Å². The Kier molecular flexibility index (Phi) is 2.93. The van der Waals surface area contributed by atoms with Crippen molar-refractivity contribution in [2.75, 3.05) is 5.73 Å². The predicted molar refractivity (Wildman–Crippen MR) is 77.8 cm³/mol. The van der Waals surface area contributed by atoms with Crippen LogP contribution in [0, 0.1) is 0 Å². The van der Waals surface area contributed by atoms with E-state index in [1.165, 1.54) is 0 Å². The Morgan fingerprint density at radius 1 is 1.11 bits per heavy atom. The summed E-state index contributed by atoms with van der Waals surface area (Å²) in [5.41, 5.74) is 8.21. The molecule has 1 aromatic carbocycles. The van der Waals surface area contributed by atoms with E-state index in [0.29, 0.717) is 5.02 Å². The molecule has 0 fully saturated rings. The van der Waals surface area contributed by atoms with Gasteiger partial charge in [0, 0.05) is 23.0 Å². The molecule has 3 rings (SSSR count). The van der Waals surface area contributed by atoms with Gasteiger partial charge in [0.25, 0.3) is 0 Å². The summed E-state index contributed by atoms with van der Waals surface area (Å²) >= 11 is 5.91. The van der Waals surface area contributed by atoms with E-state index in [4.69, 9.17) is 17.3 Å². The van der Waals surface area contributed by atoms with Crippen molar-refractivity contribution in [3.63, 3.8) is 0 Å². The fraction of sp³-hybridized carbons (Fsp3) is 0. The molecule has 0 atom stereocenters. The van der Waals surface area contributed by atoms with Gasteiger partial charge in [-0.15, -0.1) is 10.2 Å². The van der Waals surface area contributed by atoms with Crippen molar-refractivity contribution < 1.29 is 0 Å². The summed E-state index contributed by atoms with van der Waals surface area (Å²) in [6.07, 6.45) is 5.68. The SMILES string of the molecule is Nc1cccc(/C=C\c2nnc3cc(Cl)ccn23)c1. The molecule has 5 heteroatoms. The zero-order valence-corrected chi connectivity index (χ0v) is 10.7. The van der Waals surface area contributed by atoms with Crippen molar-refractivity contribution >= 4 is 35.1 Å². The van der Waals surface area contributed by atoms with Gasteiger partial charge in [0.2, 0.25) is 0 Å². The first kappa shape index (κ1) is 11.7. The molecule has 94 valence electrons. The molecule has 0 aliphatic heterocycles. The number of nitrogen functional groups attached to an aromatic ring is 1. The van der Waals surface area contributed by atoms with Crippen molar-refractivity contribution in [2.45, 2.75) is 0 Å². The Morgan fingerprint density at radius 3 is 2.84 bits per heavy atom. The third-order valence-corrected chi connectivity index (χ3v) is 2.97. The Hall–Kier alpha value is -2.33. The van der Waals surface area contributed by atoms with Crippen molar-refractivity contribution in [1.82, 2.24) is 14.6 Å². The molecule has 2 aromatic heterocycles. The van der Waals surface area contributed by atoms with Crippen LogP contribution in [-0.4, -0.2) is 14.6 Å². The van der Waals surface area contributed by atoms with E-state index >= 15 is 0 Å². The summed E-state index contributed by atoms with van der Waals surface area (Å²) in [6, 6.07) is 11.2. The molecule has 0 spiro atoms. The molecule has 0 aliphatic rings. The number of benzene rings is 1. The van der Waals surface area contributed by atoms with E-state index < -0.39 is 0 Å². The van der Waals surface area contributed by atoms with Crippen LogP contribution in [0.4, 0.5) is 5.69 Å². The maximum atomic E-state index is 5.91. The molecule has 0 amide bonds. The lowest BCUT2D eigenvalue weighted by Crippen LogP contribution is -1.87. The summed E-state index contributed by atoms with van der Waals surface area (Å²) in [4.78, 5) is 0. The number of rotatable bonds is 2. The van der Waals surface area contributed by atoms with E-state index in [2.05, 4.69) is 10.2 Å². The van der Waals surface area contributed by atoms with E-state index in [0.717, 1.165) is 22.7 Å². The number of aromatic nitrogens is 3. The van der Waals surface area contributed by atoms with E-state index in [9.17, 15) is 0 Å². The number of hydrogen-bond acceptors (Lipinski definition) is 3. The predicted octanol–water partition coefficient (Wildman–Crippen LogP) is 3.14. The third-order valence-electron chi connectivity index (χ3n) is 2.73. The van der Waals surface area contributed by atoms with Crippen molar-refractivity contribution in [1.29, 1.82) is 0 Å². The smallest absolute Gasteiger partial charge is 0.162 e. The third kappa shape index (κ3) is 2.44. The Bertz CT molecular complexity index is 761. The van der Waals surface area contributed by atoms with Gasteiger partial charge in [-0.1, -0.05) is 29.8 Å². The average molecular weight is 271 g/mol. The molecule has 0 radical (unpaired) electrons. The molecule has 0 saturated carbocycles. The molecular weight excluding hydrogens is 260 g/mol. The van der Waals surface area contributed by atoms with Gasteiger partial charge in [-0.2, -0.15) is 0 Å². The van der Waals surface area contributed by atoms with Crippen molar-refractivity contribution in [3.8, 4) is 0 Å². The highest BCUT2D eigenvalue weighted by Crippen LogP contribution is 2.14. The second-order valence-electron chi connectivity index (χ2n) is 4.13. The monoisotopic (exact) mass is 270 g/mol. The minimum absolute atomic E-state index is 0.645. The molecular formula is C14H11ClN4. The van der Waals surface area contributed by atoms with Gasteiger partial charge < -0.3 is 5.73 Å². The van der Waals surface area contributed by atoms with Gasteiger partial charge in [-0.3, -0.25) is 4.40 Å². The number of fused-ring (bicyclic) bond motifs is 1. The van der Waals surface area contributed by atoms with Crippen LogP contribution in [-0.2, 0) is 0 Å². The number of anilines is 1. The zero-order valence-electron chi connectivity index (χ0n) is 9.99. The normalized spacial score (nSPS) is 11.4. The Morgan fingerprint density at radius 2 is 2.00 bits per heavy atom. The summed E-state index contributed by atoms with van der Waals surface area (Å²) in [5.74, 6) is 0.745. The Balaban J connectivity index is 1.97. The molecule has 4 nitrogen and oxygen atoms in total. The molecule has 0 saturated heterocycles. The molecule has 3 aromatic rings. The van der Waals surface area contributed by atoms with Gasteiger partial charge >= 0.3 is 0 Å². The van der Waals surface area contributed by atoms with Crippen LogP contribution >= 0.6 is 11.6 Å². The van der Waals surface area contributed by atoms with E-state index in [-0.39, 0.29) is 0 Å². The summed E-state index contributed by atoms with van der Waals surface area (Å²) in [7, 11) is 0. The fourth-order valence-corrected chi connectivity index (χ4v) is 1.99. The number of nitrogens with two attached hydrogens (primary N) is 1. The minimum atomic E-state index is 0.645. The Labute approximate surface area is 115 Å². The van der Waals surface area contributed by atoms with Crippen LogP contribution in [0.3, 0.4) is 0 Å². The lowest BCUT2D eigenvalue weighted by atomic mass is 10.2. The maximum absolute atomic E-state index is 5.91. The van der Waals surface area contributed by atoms with Crippen molar-refractivity contribution in [2.24, 2.45) is 0 Å². The standard InChI is InChI=1S/C14H11ClN4/c15-11-6-7-19-13(17-18-14(19)9-11)5-4-10-2-1-3-12(16)8-10/h1-9H,16H2/b5-4-. The van der Waals surface area contributed by atoms with Gasteiger partial charge in [-0.05, 0) is 29.8 Å². The molecule has 0 unspecified atom stereocenters. The number of nitrogens with zero attached hydrogens (tertiary/aromatic N) is 3. The number of hydrogen-bond donors (Lipinski definition) is 1. The number of halogens is 1. The number of pyridine rings is 1. The average Bonchev–Trinajstić information content (AvgIpc) is 2.78. The lowest BCUT2D eigenvalue weighted by Gasteiger charge is -1.96. The summed E-state index contributed by atoms with van der Waals surface area (Å²) in [6.45, 7) is 0. The largest absolute Gasteiger partial charge is 0.399 e. The first-order valence-corrected chi connectivity index (χ1v) is 6.14. The summed E-state index contributed by atoms with van der Waals surface area (Å²) in [5, 5.41) is 8.82. The van der Waals surface area contributed by atoms with Gasteiger partial charge in [0.05, 0.1) is 0 Å². The van der Waals surface area contributed by atoms with Crippen molar-refractivity contribution in [3.05, 3.63) is 59.0 Å². The maximum Gasteiger partial charge on any atom is 0.162 e. The van der Waals surface area contributed by atoms with Crippen LogP contribution in [0.25, 0.3) is 17.8 Å². The summed E-state index contributed by atoms with van der Waals surface area (Å²) < 4.78 is 1.87. The van der Waals surface area contributed by atoms with Crippen LogP contribution in [0.5, 0.6) is 0 Å². The van der Waals surface area contributed by atoms with Crippen LogP contribution in [0.15, 0.2) is 42.6 Å². The second-order valence-corrected chi connectivity index (χ2v) is 4.57. The highest BCUT2D eigenvalue weighted by atomic mass is 35.5. The zero-order chi connectivity index (χ0) is 13.2. The topological polar surface area (TPSA) is 56.2 Å². The molecule has 0 aliphatic carbocycles. The molecule has 2 heterocycles. The highest BCUT2D eigenvalue weighted by Gasteiger charge is 2.02. The van der Waals surface area contributed by atoms with Crippen LogP contribution < -0.4 is 5.73 Å². The van der Waals surface area contributed by atoms with Gasteiger partial charge in [0.15, 0.2) is 11.5 Å². The first-order valence-electron chi connectivity index (χ1n) is 5.76. The van der Waals surface area contributed by atoms with Crippen LogP contribution in [0.2, 0.25) is 5.02 Å². The lowest BCUT2D eigenvalue weighted by molar-refractivity contribution is 1.08. The first-order chi connectivity index (χ1) is 9.22. The minimum Gasteiger partial charge on any atom is -0.399 e. The molecule has 2 N–H and O–H groups in total. The second kappa shape index (κ2) is 4.74. The van der Waals surface area contributed by atoms with Gasteiger partial charge in [-0.25, -0.2) is 0 Å². The molecule has 19 heavy (non-hydrogen) atoms. The van der Waals surface area contributed by atoms with Gasteiger partial charge in [0.1, 0.15) is 0 Å². The molecule has 0 bridgehead atoms. The fourth-order valence-electron chi connectivity index (χ4n) is 1.83. The van der Waals surface area contributed by atoms with E-state index in [1.54, 1.807) is 12.1 Å². The highest BCUT2D eigenvalue weighted by molar-refractivity contribution is 6.30.